The van der Waals surface area contributed by atoms with Crippen molar-refractivity contribution in [3.8, 4) is 5.75 Å². The molecule has 0 aliphatic carbocycles. The quantitative estimate of drug-likeness (QED) is 0.807. The van der Waals surface area contributed by atoms with Crippen LogP contribution in [0.4, 0.5) is 0 Å². The molecule has 0 aliphatic rings. The lowest BCUT2D eigenvalue weighted by Gasteiger charge is -2.08. The predicted molar refractivity (Wildman–Crippen MR) is 70.7 cm³/mol. The second-order valence-corrected chi connectivity index (χ2v) is 2.90. The molecule has 1 aromatic carbocycles. The summed E-state index contributed by atoms with van der Waals surface area (Å²) in [6.07, 6.45) is 1.24. The molecule has 1 rings (SSSR count). The van der Waals surface area contributed by atoms with Crippen molar-refractivity contribution in [3.63, 3.8) is 0 Å². The first-order valence-corrected chi connectivity index (χ1v) is 6.21. The molecule has 1 atom stereocenters. The number of aliphatic hydroxyl groups is 1. The molecule has 0 aliphatic heterocycles. The van der Waals surface area contributed by atoms with E-state index in [1.54, 1.807) is 18.2 Å². The van der Waals surface area contributed by atoms with E-state index in [0.29, 0.717) is 0 Å². The molecule has 0 saturated heterocycles. The third-order valence-corrected chi connectivity index (χ3v) is 1.82. The van der Waals surface area contributed by atoms with Crippen molar-refractivity contribution in [1.82, 2.24) is 0 Å². The number of rotatable bonds is 3. The van der Waals surface area contributed by atoms with Crippen LogP contribution in [0.15, 0.2) is 24.3 Å². The van der Waals surface area contributed by atoms with Crippen LogP contribution in [0.5, 0.6) is 5.75 Å². The summed E-state index contributed by atoms with van der Waals surface area (Å²) in [6.45, 7) is 10.0. The van der Waals surface area contributed by atoms with E-state index < -0.39 is 6.10 Å². The normalized spacial score (nSPS) is 10.4. The Bertz CT molecular complexity index is 246. The van der Waals surface area contributed by atoms with Crippen molar-refractivity contribution in [2.24, 2.45) is 0 Å². The molecule has 1 aromatic rings. The Labute approximate surface area is 100.0 Å². The molecule has 2 heteroatoms. The average Bonchev–Trinajstić information content (AvgIpc) is 2.34. The molecule has 0 spiro atoms. The number of phenols is 1. The molecule has 0 heterocycles. The van der Waals surface area contributed by atoms with Crippen LogP contribution in [0.1, 0.15) is 59.1 Å². The van der Waals surface area contributed by atoms with E-state index in [1.807, 2.05) is 40.7 Å². The summed E-state index contributed by atoms with van der Waals surface area (Å²) in [5.41, 5.74) is 0.789. The van der Waals surface area contributed by atoms with E-state index in [9.17, 15) is 5.11 Å². The van der Waals surface area contributed by atoms with Crippen molar-refractivity contribution < 1.29 is 10.2 Å². The number of hydrogen-bond donors (Lipinski definition) is 2. The van der Waals surface area contributed by atoms with E-state index in [4.69, 9.17) is 5.11 Å². The van der Waals surface area contributed by atoms with Gasteiger partial charge < -0.3 is 10.2 Å². The maximum atomic E-state index is 9.53. The average molecular weight is 226 g/mol. The zero-order chi connectivity index (χ0) is 13.0. The minimum absolute atomic E-state index is 0.211. The van der Waals surface area contributed by atoms with E-state index in [1.165, 1.54) is 0 Å². The smallest absolute Gasteiger partial charge is 0.115 e. The number of aliphatic hydroxyl groups excluding tert-OH is 1. The van der Waals surface area contributed by atoms with Crippen molar-refractivity contribution in [2.45, 2.75) is 53.6 Å². The van der Waals surface area contributed by atoms with E-state index in [2.05, 4.69) is 0 Å². The third kappa shape index (κ3) is 7.30. The molecule has 0 fully saturated rings. The first kappa shape index (κ1) is 17.4. The molecule has 0 aromatic heterocycles. The van der Waals surface area contributed by atoms with Crippen molar-refractivity contribution in [2.75, 3.05) is 0 Å². The second-order valence-electron chi connectivity index (χ2n) is 2.90. The van der Waals surface area contributed by atoms with E-state index in [0.717, 1.165) is 18.4 Å². The Morgan fingerprint density at radius 1 is 1.12 bits per heavy atom. The lowest BCUT2D eigenvalue weighted by atomic mass is 10.1. The molecule has 0 bridgehead atoms. The van der Waals surface area contributed by atoms with Gasteiger partial charge in [-0.3, -0.25) is 0 Å². The molecule has 16 heavy (non-hydrogen) atoms. The summed E-state index contributed by atoms with van der Waals surface area (Å²) in [7, 11) is 0. The third-order valence-electron chi connectivity index (χ3n) is 1.82. The van der Waals surface area contributed by atoms with Crippen LogP contribution < -0.4 is 0 Å². The maximum absolute atomic E-state index is 9.53. The molecule has 0 amide bonds. The number of phenolic OH excluding ortho intramolecular Hbond substituents is 1. The predicted octanol–water partition coefficient (Wildman–Crippen LogP) is 4.28. The van der Waals surface area contributed by atoms with Gasteiger partial charge in [0.15, 0.2) is 0 Å². The fourth-order valence-corrected chi connectivity index (χ4v) is 1.17. The van der Waals surface area contributed by atoms with Crippen LogP contribution in [0.3, 0.4) is 0 Å². The second kappa shape index (κ2) is 12.1. The number of hydrogen-bond acceptors (Lipinski definition) is 2. The van der Waals surface area contributed by atoms with Gasteiger partial charge >= 0.3 is 0 Å². The highest BCUT2D eigenvalue weighted by Crippen LogP contribution is 2.21. The van der Waals surface area contributed by atoms with E-state index in [-0.39, 0.29) is 5.75 Å². The monoisotopic (exact) mass is 226 g/mol. The molecular formula is C14H26O2. The Balaban J connectivity index is 0. The molecule has 0 radical (unpaired) electrons. The summed E-state index contributed by atoms with van der Waals surface area (Å²) < 4.78 is 0. The van der Waals surface area contributed by atoms with Gasteiger partial charge in [0.25, 0.3) is 0 Å². The summed E-state index contributed by atoms with van der Waals surface area (Å²) in [5, 5.41) is 18.7. The zero-order valence-electron chi connectivity index (χ0n) is 11.2. The fraction of sp³-hybridized carbons (Fsp3) is 0.571. The standard InChI is InChI=1S/C10H14O2.2C2H6/c1-2-4-10(12)8-5-3-6-9(11)7-8;2*1-2/h3,5-7,10-12H,2,4H2,1H3;2*1-2H3. The highest BCUT2D eigenvalue weighted by molar-refractivity contribution is 5.28. The Hall–Kier alpha value is -1.02. The van der Waals surface area contributed by atoms with E-state index >= 15 is 0 Å². The topological polar surface area (TPSA) is 40.5 Å². The molecule has 0 saturated carbocycles. The van der Waals surface area contributed by atoms with Gasteiger partial charge in [-0.2, -0.15) is 0 Å². The number of benzene rings is 1. The van der Waals surface area contributed by atoms with Crippen LogP contribution in [0.2, 0.25) is 0 Å². The molecule has 2 N–H and O–H groups in total. The van der Waals surface area contributed by atoms with Crippen molar-refractivity contribution in [3.05, 3.63) is 29.8 Å². The first-order chi connectivity index (χ1) is 7.74. The highest BCUT2D eigenvalue weighted by atomic mass is 16.3. The van der Waals surface area contributed by atoms with Crippen LogP contribution >= 0.6 is 0 Å². The molecule has 2 nitrogen and oxygen atoms in total. The van der Waals surface area contributed by atoms with Crippen molar-refractivity contribution in [1.29, 1.82) is 0 Å². The molecule has 94 valence electrons. The first-order valence-electron chi connectivity index (χ1n) is 6.21. The van der Waals surface area contributed by atoms with Gasteiger partial charge in [-0.15, -0.1) is 0 Å². The summed E-state index contributed by atoms with van der Waals surface area (Å²) in [4.78, 5) is 0. The van der Waals surface area contributed by atoms with Gasteiger partial charge in [0.05, 0.1) is 6.10 Å². The van der Waals surface area contributed by atoms with Gasteiger partial charge in [-0.25, -0.2) is 0 Å². The Morgan fingerprint density at radius 3 is 2.12 bits per heavy atom. The lowest BCUT2D eigenvalue weighted by molar-refractivity contribution is 0.166. The SMILES string of the molecule is CC.CC.CCCC(O)c1cccc(O)c1. The summed E-state index contributed by atoms with van der Waals surface area (Å²) >= 11 is 0. The lowest BCUT2D eigenvalue weighted by Crippen LogP contribution is -1.95. The minimum Gasteiger partial charge on any atom is -0.508 e. The zero-order valence-corrected chi connectivity index (χ0v) is 11.2. The number of aromatic hydroxyl groups is 1. The molecular weight excluding hydrogens is 200 g/mol. The summed E-state index contributed by atoms with van der Waals surface area (Å²) in [5.74, 6) is 0.211. The van der Waals surface area contributed by atoms with Crippen LogP contribution in [0.25, 0.3) is 0 Å². The molecule has 1 unspecified atom stereocenters. The van der Waals surface area contributed by atoms with Gasteiger partial charge in [0, 0.05) is 0 Å². The van der Waals surface area contributed by atoms with Crippen molar-refractivity contribution >= 4 is 0 Å². The van der Waals surface area contributed by atoms with Crippen LogP contribution in [-0.4, -0.2) is 10.2 Å². The summed E-state index contributed by atoms with van der Waals surface area (Å²) in [6, 6.07) is 6.76. The van der Waals surface area contributed by atoms with Gasteiger partial charge in [0.2, 0.25) is 0 Å². The van der Waals surface area contributed by atoms with Gasteiger partial charge in [-0.1, -0.05) is 53.2 Å². The fourth-order valence-electron chi connectivity index (χ4n) is 1.17. The van der Waals surface area contributed by atoms with Crippen LogP contribution in [0, 0.1) is 0 Å². The van der Waals surface area contributed by atoms with Gasteiger partial charge in [-0.05, 0) is 24.1 Å². The maximum Gasteiger partial charge on any atom is 0.115 e. The largest absolute Gasteiger partial charge is 0.508 e. The Kier molecular flexibility index (Phi) is 13.1. The van der Waals surface area contributed by atoms with Gasteiger partial charge in [0.1, 0.15) is 5.75 Å². The van der Waals surface area contributed by atoms with Crippen LogP contribution in [-0.2, 0) is 0 Å². The minimum atomic E-state index is -0.443. The highest BCUT2D eigenvalue weighted by Gasteiger charge is 2.05. The Morgan fingerprint density at radius 2 is 1.69 bits per heavy atom.